The quantitative estimate of drug-likeness (QED) is 0.884. The number of thiophene rings is 1. The lowest BCUT2D eigenvalue weighted by molar-refractivity contribution is -0.136. The Morgan fingerprint density at radius 1 is 1.29 bits per heavy atom. The molecule has 3 rings (SSSR count). The zero-order valence-corrected chi connectivity index (χ0v) is 14.3. The molecule has 1 aliphatic heterocycles. The Morgan fingerprint density at radius 2 is 1.96 bits per heavy atom. The van der Waals surface area contributed by atoms with E-state index in [2.05, 4.69) is 10.3 Å². The van der Waals surface area contributed by atoms with Gasteiger partial charge < -0.3 is 10.2 Å². The molecule has 8 heteroatoms. The van der Waals surface area contributed by atoms with Crippen molar-refractivity contribution in [2.24, 2.45) is 0 Å². The van der Waals surface area contributed by atoms with Crippen molar-refractivity contribution >= 4 is 33.3 Å². The number of rotatable bonds is 2. The number of carbonyl (C=O) groups excluding carboxylic acids is 1. The van der Waals surface area contributed by atoms with Crippen molar-refractivity contribution in [1.29, 1.82) is 0 Å². The summed E-state index contributed by atoms with van der Waals surface area (Å²) < 4.78 is 41.1. The van der Waals surface area contributed by atoms with Gasteiger partial charge in [-0.3, -0.25) is 4.79 Å². The molecule has 24 heavy (non-hydrogen) atoms. The Hall–Kier alpha value is -1.83. The fourth-order valence-electron chi connectivity index (χ4n) is 3.16. The van der Waals surface area contributed by atoms with Gasteiger partial charge in [0.25, 0.3) is 5.91 Å². The summed E-state index contributed by atoms with van der Waals surface area (Å²) in [6, 6.07) is 0. The van der Waals surface area contributed by atoms with Gasteiger partial charge in [-0.15, -0.1) is 11.3 Å². The number of piperidine rings is 1. The summed E-state index contributed by atoms with van der Waals surface area (Å²) in [6.07, 6.45) is -1.54. The van der Waals surface area contributed by atoms with Crippen LogP contribution in [0.25, 0.3) is 10.2 Å². The van der Waals surface area contributed by atoms with Crippen LogP contribution in [0.3, 0.4) is 0 Å². The molecule has 4 nitrogen and oxygen atoms in total. The SMILES string of the molecule is CNC(=O)c1csc2c(C(F)(F)F)c(C)c(N3CCCCC3)nc12. The molecule has 2 aromatic heterocycles. The Balaban J connectivity index is 2.28. The van der Waals surface area contributed by atoms with Crippen LogP contribution in [-0.2, 0) is 6.18 Å². The van der Waals surface area contributed by atoms with Gasteiger partial charge in [-0.25, -0.2) is 4.98 Å². The normalized spacial score (nSPS) is 15.8. The second-order valence-corrected chi connectivity index (χ2v) is 6.77. The maximum atomic E-state index is 13.7. The van der Waals surface area contributed by atoms with Crippen molar-refractivity contribution in [3.8, 4) is 0 Å². The fourth-order valence-corrected chi connectivity index (χ4v) is 4.27. The van der Waals surface area contributed by atoms with Gasteiger partial charge in [-0.2, -0.15) is 13.2 Å². The maximum absolute atomic E-state index is 13.7. The molecule has 0 atom stereocenters. The topological polar surface area (TPSA) is 45.2 Å². The van der Waals surface area contributed by atoms with Crippen LogP contribution in [0.15, 0.2) is 5.38 Å². The van der Waals surface area contributed by atoms with Gasteiger partial charge >= 0.3 is 6.18 Å². The number of nitrogens with one attached hydrogen (secondary N) is 1. The molecule has 0 unspecified atom stereocenters. The summed E-state index contributed by atoms with van der Waals surface area (Å²) in [4.78, 5) is 18.4. The van der Waals surface area contributed by atoms with Gasteiger partial charge in [-0.05, 0) is 26.2 Å². The zero-order valence-electron chi connectivity index (χ0n) is 13.5. The van der Waals surface area contributed by atoms with E-state index < -0.39 is 17.6 Å². The lowest BCUT2D eigenvalue weighted by Gasteiger charge is -2.30. The fraction of sp³-hybridized carbons (Fsp3) is 0.500. The number of pyridine rings is 1. The first-order valence-electron chi connectivity index (χ1n) is 7.80. The number of fused-ring (bicyclic) bond motifs is 1. The Morgan fingerprint density at radius 3 is 2.54 bits per heavy atom. The van der Waals surface area contributed by atoms with Crippen LogP contribution in [0, 0.1) is 6.92 Å². The molecule has 0 bridgehead atoms. The number of alkyl halides is 3. The van der Waals surface area contributed by atoms with E-state index in [4.69, 9.17) is 0 Å². The first-order chi connectivity index (χ1) is 11.3. The van der Waals surface area contributed by atoms with Crippen LogP contribution in [-0.4, -0.2) is 31.0 Å². The number of anilines is 1. The summed E-state index contributed by atoms with van der Waals surface area (Å²) in [5.41, 5.74) is -0.199. The molecule has 1 fully saturated rings. The predicted molar refractivity (Wildman–Crippen MR) is 88.8 cm³/mol. The Bertz CT molecular complexity index is 779. The largest absolute Gasteiger partial charge is 0.418 e. The Kier molecular flexibility index (Phi) is 4.42. The molecule has 1 saturated heterocycles. The molecule has 0 saturated carbocycles. The average Bonchev–Trinajstić information content (AvgIpc) is 2.96. The predicted octanol–water partition coefficient (Wildman–Crippen LogP) is 3.97. The molecule has 3 heterocycles. The molecule has 1 N–H and O–H groups in total. The number of hydrogen-bond donors (Lipinski definition) is 1. The Labute approximate surface area is 141 Å². The van der Waals surface area contributed by atoms with Crippen molar-refractivity contribution in [3.63, 3.8) is 0 Å². The second-order valence-electron chi connectivity index (χ2n) is 5.89. The number of amides is 1. The van der Waals surface area contributed by atoms with Crippen molar-refractivity contribution in [2.75, 3.05) is 25.0 Å². The maximum Gasteiger partial charge on any atom is 0.418 e. The first-order valence-corrected chi connectivity index (χ1v) is 8.68. The number of hydrogen-bond acceptors (Lipinski definition) is 4. The standard InChI is InChI=1S/C16H18F3N3OS/c1-9-11(16(17,18)19)13-12(10(8-24-13)15(23)20-2)21-14(9)22-6-4-3-5-7-22/h8H,3-7H2,1-2H3,(H,20,23). The molecule has 1 amide bonds. The minimum Gasteiger partial charge on any atom is -0.356 e. The van der Waals surface area contributed by atoms with Crippen molar-refractivity contribution in [1.82, 2.24) is 10.3 Å². The third kappa shape index (κ3) is 2.83. The number of aromatic nitrogens is 1. The molecule has 0 spiro atoms. The minimum atomic E-state index is -4.49. The van der Waals surface area contributed by atoms with E-state index in [0.717, 1.165) is 30.6 Å². The molecular formula is C16H18F3N3OS. The van der Waals surface area contributed by atoms with E-state index in [1.54, 1.807) is 0 Å². The molecule has 2 aromatic rings. The van der Waals surface area contributed by atoms with Gasteiger partial charge in [0.2, 0.25) is 0 Å². The molecule has 0 aliphatic carbocycles. The van der Waals surface area contributed by atoms with E-state index in [-0.39, 0.29) is 21.3 Å². The third-order valence-corrected chi connectivity index (χ3v) is 5.32. The molecule has 130 valence electrons. The van der Waals surface area contributed by atoms with Gasteiger partial charge in [0.1, 0.15) is 5.82 Å². The molecule has 0 radical (unpaired) electrons. The van der Waals surface area contributed by atoms with Gasteiger partial charge in [-0.1, -0.05) is 0 Å². The van der Waals surface area contributed by atoms with Gasteiger partial charge in [0.15, 0.2) is 0 Å². The van der Waals surface area contributed by atoms with Crippen molar-refractivity contribution < 1.29 is 18.0 Å². The van der Waals surface area contributed by atoms with Gasteiger partial charge in [0, 0.05) is 31.1 Å². The lowest BCUT2D eigenvalue weighted by atomic mass is 10.1. The van der Waals surface area contributed by atoms with Crippen molar-refractivity contribution in [3.05, 3.63) is 22.1 Å². The van der Waals surface area contributed by atoms with Crippen molar-refractivity contribution in [2.45, 2.75) is 32.4 Å². The van der Waals surface area contributed by atoms with E-state index in [1.165, 1.54) is 19.4 Å². The summed E-state index contributed by atoms with van der Waals surface area (Å²) >= 11 is 0.919. The first kappa shape index (κ1) is 17.0. The average molecular weight is 357 g/mol. The number of halogens is 3. The monoisotopic (exact) mass is 357 g/mol. The number of carbonyl (C=O) groups is 1. The van der Waals surface area contributed by atoms with E-state index in [1.807, 2.05) is 4.90 Å². The minimum absolute atomic E-state index is 0.0272. The zero-order chi connectivity index (χ0) is 17.5. The highest BCUT2D eigenvalue weighted by Gasteiger charge is 2.38. The van der Waals surface area contributed by atoms with Gasteiger partial charge in [0.05, 0.1) is 21.3 Å². The van der Waals surface area contributed by atoms with E-state index in [9.17, 15) is 18.0 Å². The highest BCUT2D eigenvalue weighted by molar-refractivity contribution is 7.17. The van der Waals surface area contributed by atoms with E-state index in [0.29, 0.717) is 18.9 Å². The van der Waals surface area contributed by atoms with Crippen LogP contribution in [0.4, 0.5) is 19.0 Å². The highest BCUT2D eigenvalue weighted by atomic mass is 32.1. The highest BCUT2D eigenvalue weighted by Crippen LogP contribution is 2.43. The smallest absolute Gasteiger partial charge is 0.356 e. The number of nitrogens with zero attached hydrogens (tertiary/aromatic N) is 2. The molecule has 1 aliphatic rings. The lowest BCUT2D eigenvalue weighted by Crippen LogP contribution is -2.31. The third-order valence-electron chi connectivity index (χ3n) is 4.33. The summed E-state index contributed by atoms with van der Waals surface area (Å²) in [5.74, 6) is -0.0756. The van der Waals surface area contributed by atoms with Crippen LogP contribution >= 0.6 is 11.3 Å². The molecule has 0 aromatic carbocycles. The van der Waals surface area contributed by atoms with Crippen LogP contribution in [0.1, 0.15) is 40.7 Å². The second kappa shape index (κ2) is 6.23. The van der Waals surface area contributed by atoms with Crippen LogP contribution < -0.4 is 10.2 Å². The molecular weight excluding hydrogens is 339 g/mol. The summed E-state index contributed by atoms with van der Waals surface area (Å²) in [5, 5.41) is 3.91. The summed E-state index contributed by atoms with van der Waals surface area (Å²) in [6.45, 7) is 2.85. The summed E-state index contributed by atoms with van der Waals surface area (Å²) in [7, 11) is 1.45. The van der Waals surface area contributed by atoms with Crippen LogP contribution in [0.2, 0.25) is 0 Å². The van der Waals surface area contributed by atoms with E-state index >= 15 is 0 Å². The van der Waals surface area contributed by atoms with Crippen LogP contribution in [0.5, 0.6) is 0 Å².